The lowest BCUT2D eigenvalue weighted by atomic mass is 10.0. The van der Waals surface area contributed by atoms with E-state index in [2.05, 4.69) is 6.58 Å². The van der Waals surface area contributed by atoms with E-state index in [-0.39, 0.29) is 0 Å². The van der Waals surface area contributed by atoms with Crippen LogP contribution in [0.3, 0.4) is 0 Å². The fraction of sp³-hybridized carbons (Fsp3) is 0.333. The van der Waals surface area contributed by atoms with E-state index in [1.54, 1.807) is 64.9 Å². The molecule has 5 heteroatoms. The topological polar surface area (TPSA) is 57.2 Å². The van der Waals surface area contributed by atoms with Crippen molar-refractivity contribution in [3.05, 3.63) is 59.9 Å². The number of benzene rings is 1. The van der Waals surface area contributed by atoms with Gasteiger partial charge in [0, 0.05) is 18.7 Å². The maximum Gasteiger partial charge on any atom is 0.128 e. The zero-order valence-electron chi connectivity index (χ0n) is 14.0. The molecule has 5 nitrogen and oxygen atoms in total. The number of hydrogen-bond acceptors (Lipinski definition) is 5. The summed E-state index contributed by atoms with van der Waals surface area (Å²) in [4.78, 5) is 0. The van der Waals surface area contributed by atoms with Gasteiger partial charge in [0.2, 0.25) is 0 Å². The summed E-state index contributed by atoms with van der Waals surface area (Å²) in [7, 11) is 6.29. The van der Waals surface area contributed by atoms with Crippen LogP contribution in [0.4, 0.5) is 0 Å². The molecule has 1 unspecified atom stereocenters. The molecule has 126 valence electrons. The molecule has 0 saturated heterocycles. The van der Waals surface area contributed by atoms with E-state index in [1.165, 1.54) is 0 Å². The third kappa shape index (κ3) is 5.47. The minimum atomic E-state index is -0.896. The molecule has 0 aliphatic carbocycles. The van der Waals surface area contributed by atoms with Crippen LogP contribution in [-0.2, 0) is 9.47 Å². The van der Waals surface area contributed by atoms with Crippen molar-refractivity contribution in [3.63, 3.8) is 0 Å². The Morgan fingerprint density at radius 2 is 1.91 bits per heavy atom. The number of aliphatic hydroxyl groups is 1. The molecular formula is C18H24O5. The van der Waals surface area contributed by atoms with Crippen LogP contribution < -0.4 is 9.47 Å². The highest BCUT2D eigenvalue weighted by molar-refractivity contribution is 5.45. The summed E-state index contributed by atoms with van der Waals surface area (Å²) in [6, 6.07) is 5.23. The minimum Gasteiger partial charge on any atom is -0.497 e. The van der Waals surface area contributed by atoms with E-state index in [0.29, 0.717) is 35.0 Å². The summed E-state index contributed by atoms with van der Waals surface area (Å²) in [5.74, 6) is 1.82. The summed E-state index contributed by atoms with van der Waals surface area (Å²) in [6.07, 6.45) is 4.30. The monoisotopic (exact) mass is 320 g/mol. The molecule has 0 amide bonds. The van der Waals surface area contributed by atoms with Crippen molar-refractivity contribution in [3.8, 4) is 11.5 Å². The van der Waals surface area contributed by atoms with Gasteiger partial charge in [-0.3, -0.25) is 0 Å². The first-order valence-corrected chi connectivity index (χ1v) is 7.07. The second-order valence-electron chi connectivity index (χ2n) is 4.68. The van der Waals surface area contributed by atoms with Crippen LogP contribution in [0.25, 0.3) is 0 Å². The number of allylic oxidation sites excluding steroid dienone is 1. The van der Waals surface area contributed by atoms with Crippen molar-refractivity contribution < 1.29 is 24.1 Å². The molecule has 1 aromatic carbocycles. The first-order chi connectivity index (χ1) is 11.1. The summed E-state index contributed by atoms with van der Waals surface area (Å²) in [6.45, 7) is 4.34. The van der Waals surface area contributed by atoms with Gasteiger partial charge in [-0.25, -0.2) is 0 Å². The van der Waals surface area contributed by atoms with Crippen LogP contribution in [0.5, 0.6) is 11.5 Å². The molecule has 0 bridgehead atoms. The molecule has 0 heterocycles. The first-order valence-electron chi connectivity index (χ1n) is 7.07. The predicted octanol–water partition coefficient (Wildman–Crippen LogP) is 3.03. The number of ether oxygens (including phenoxy) is 4. The van der Waals surface area contributed by atoms with Gasteiger partial charge in [0.05, 0.1) is 27.9 Å². The van der Waals surface area contributed by atoms with Crippen molar-refractivity contribution in [2.75, 3.05) is 35.0 Å². The lowest BCUT2D eigenvalue weighted by Gasteiger charge is -2.16. The van der Waals surface area contributed by atoms with Crippen molar-refractivity contribution in [1.29, 1.82) is 0 Å². The van der Waals surface area contributed by atoms with Crippen LogP contribution in [0, 0.1) is 0 Å². The molecule has 0 fully saturated rings. The summed E-state index contributed by atoms with van der Waals surface area (Å²) < 4.78 is 20.6. The van der Waals surface area contributed by atoms with Gasteiger partial charge in [0.25, 0.3) is 0 Å². The minimum absolute atomic E-state index is 0.439. The highest BCUT2D eigenvalue weighted by atomic mass is 16.5. The molecule has 0 spiro atoms. The zero-order valence-corrected chi connectivity index (χ0v) is 14.0. The number of rotatable bonds is 9. The maximum absolute atomic E-state index is 10.5. The van der Waals surface area contributed by atoms with Gasteiger partial charge >= 0.3 is 0 Å². The summed E-state index contributed by atoms with van der Waals surface area (Å²) >= 11 is 0. The second-order valence-corrected chi connectivity index (χ2v) is 4.68. The molecule has 23 heavy (non-hydrogen) atoms. The standard InChI is InChI=1S/C18H24O5/c1-13(6-7-14(21-3)10-11-20-2)18(19)16-9-8-15(22-4)12-17(16)23-5/h6-10,12,18-19H,1,11H2,2-5H3/b7-6-,14-10+. The normalized spacial score (nSPS) is 13.0. The first kappa shape index (κ1) is 18.8. The quantitative estimate of drug-likeness (QED) is 0.560. The molecule has 0 aliphatic rings. The van der Waals surface area contributed by atoms with Crippen LogP contribution >= 0.6 is 0 Å². The van der Waals surface area contributed by atoms with E-state index in [4.69, 9.17) is 18.9 Å². The molecule has 1 aromatic rings. The lowest BCUT2D eigenvalue weighted by molar-refractivity contribution is 0.214. The smallest absolute Gasteiger partial charge is 0.128 e. The molecule has 1 atom stereocenters. The Morgan fingerprint density at radius 1 is 1.17 bits per heavy atom. The van der Waals surface area contributed by atoms with Crippen LogP contribution in [-0.4, -0.2) is 40.2 Å². The molecule has 0 saturated carbocycles. The number of methoxy groups -OCH3 is 4. The van der Waals surface area contributed by atoms with E-state index >= 15 is 0 Å². The Labute approximate surface area is 137 Å². The van der Waals surface area contributed by atoms with Gasteiger partial charge in [-0.05, 0) is 29.9 Å². The Hall–Kier alpha value is -2.24. The van der Waals surface area contributed by atoms with Crippen molar-refractivity contribution >= 4 is 0 Å². The van der Waals surface area contributed by atoms with E-state index in [0.717, 1.165) is 0 Å². The summed E-state index contributed by atoms with van der Waals surface area (Å²) in [5.41, 5.74) is 1.12. The highest BCUT2D eigenvalue weighted by Crippen LogP contribution is 2.32. The average Bonchev–Trinajstić information content (AvgIpc) is 2.60. The lowest BCUT2D eigenvalue weighted by Crippen LogP contribution is -2.02. The number of hydrogen-bond donors (Lipinski definition) is 1. The fourth-order valence-corrected chi connectivity index (χ4v) is 1.91. The van der Waals surface area contributed by atoms with E-state index < -0.39 is 6.10 Å². The number of aliphatic hydroxyl groups excluding tert-OH is 1. The molecule has 0 aromatic heterocycles. The van der Waals surface area contributed by atoms with Gasteiger partial charge < -0.3 is 24.1 Å². The van der Waals surface area contributed by atoms with E-state index in [9.17, 15) is 5.11 Å². The van der Waals surface area contributed by atoms with Gasteiger partial charge in [0.15, 0.2) is 0 Å². The van der Waals surface area contributed by atoms with Gasteiger partial charge in [-0.15, -0.1) is 0 Å². The Morgan fingerprint density at radius 3 is 2.48 bits per heavy atom. The second kappa shape index (κ2) is 9.71. The molecule has 1 N–H and O–H groups in total. The largest absolute Gasteiger partial charge is 0.497 e. The van der Waals surface area contributed by atoms with Gasteiger partial charge in [0.1, 0.15) is 23.4 Å². The SMILES string of the molecule is C=C(/C=C\C(=C/COC)OC)C(O)c1ccc(OC)cc1OC. The highest BCUT2D eigenvalue weighted by Gasteiger charge is 2.15. The molecule has 0 radical (unpaired) electrons. The average molecular weight is 320 g/mol. The Bertz CT molecular complexity index is 575. The molecule has 1 rings (SSSR count). The predicted molar refractivity (Wildman–Crippen MR) is 89.8 cm³/mol. The Kier molecular flexibility index (Phi) is 7.94. The van der Waals surface area contributed by atoms with Gasteiger partial charge in [-0.1, -0.05) is 12.7 Å². The zero-order chi connectivity index (χ0) is 17.2. The van der Waals surface area contributed by atoms with Crippen molar-refractivity contribution in [2.24, 2.45) is 0 Å². The fourth-order valence-electron chi connectivity index (χ4n) is 1.91. The van der Waals surface area contributed by atoms with Crippen molar-refractivity contribution in [1.82, 2.24) is 0 Å². The third-order valence-electron chi connectivity index (χ3n) is 3.24. The summed E-state index contributed by atoms with van der Waals surface area (Å²) in [5, 5.41) is 10.5. The Balaban J connectivity index is 2.92. The van der Waals surface area contributed by atoms with Gasteiger partial charge in [-0.2, -0.15) is 0 Å². The third-order valence-corrected chi connectivity index (χ3v) is 3.24. The maximum atomic E-state index is 10.5. The van der Waals surface area contributed by atoms with Crippen LogP contribution in [0.1, 0.15) is 11.7 Å². The molecule has 0 aliphatic heterocycles. The van der Waals surface area contributed by atoms with E-state index in [1.807, 2.05) is 0 Å². The van der Waals surface area contributed by atoms with Crippen LogP contribution in [0.2, 0.25) is 0 Å². The van der Waals surface area contributed by atoms with Crippen molar-refractivity contribution in [2.45, 2.75) is 6.10 Å². The molecular weight excluding hydrogens is 296 g/mol. The van der Waals surface area contributed by atoms with Crippen LogP contribution in [0.15, 0.2) is 54.3 Å².